The van der Waals surface area contributed by atoms with Crippen LogP contribution >= 0.6 is 0 Å². The van der Waals surface area contributed by atoms with E-state index >= 15 is 0 Å². The number of anilines is 1. The molecule has 1 aliphatic heterocycles. The van der Waals surface area contributed by atoms with Gasteiger partial charge in [-0.1, -0.05) is 30.3 Å². The number of rotatable bonds is 9. The van der Waals surface area contributed by atoms with E-state index in [4.69, 9.17) is 0 Å². The van der Waals surface area contributed by atoms with E-state index in [1.165, 1.54) is 5.69 Å². The zero-order chi connectivity index (χ0) is 20.6. The van der Waals surface area contributed by atoms with Crippen molar-refractivity contribution < 1.29 is 4.79 Å². The number of hydrogen-bond donors (Lipinski definition) is 2. The van der Waals surface area contributed by atoms with Crippen LogP contribution in [0.5, 0.6) is 0 Å². The lowest BCUT2D eigenvalue weighted by Crippen LogP contribution is -2.46. The zero-order valence-electron chi connectivity index (χ0n) is 17.5. The lowest BCUT2D eigenvalue weighted by atomic mass is 10.2. The minimum absolute atomic E-state index is 0.104. The lowest BCUT2D eigenvalue weighted by Gasteiger charge is -2.36. The van der Waals surface area contributed by atoms with Gasteiger partial charge < -0.3 is 15.2 Å². The SMILES string of the molecule is O=C(CCc1nc2ccccc2[nH]1)NCCCCN1CCN(c2ccccc2)CC1. The molecule has 0 atom stereocenters. The Hall–Kier alpha value is -2.86. The third-order valence-electron chi connectivity index (χ3n) is 5.74. The molecule has 0 unspecified atom stereocenters. The molecule has 0 bridgehead atoms. The number of hydrogen-bond acceptors (Lipinski definition) is 4. The summed E-state index contributed by atoms with van der Waals surface area (Å²) in [4.78, 5) is 24.9. The molecule has 1 aromatic heterocycles. The van der Waals surface area contributed by atoms with Gasteiger partial charge in [0, 0.05) is 51.3 Å². The predicted octanol–water partition coefficient (Wildman–Crippen LogP) is 3.21. The van der Waals surface area contributed by atoms with Crippen LogP contribution in [0.3, 0.4) is 0 Å². The van der Waals surface area contributed by atoms with Gasteiger partial charge in [0.1, 0.15) is 5.82 Å². The molecule has 1 saturated heterocycles. The fourth-order valence-electron chi connectivity index (χ4n) is 4.00. The molecule has 6 heteroatoms. The molecule has 0 aliphatic carbocycles. The number of nitrogens with one attached hydrogen (secondary N) is 2. The number of amides is 1. The normalized spacial score (nSPS) is 14.9. The number of aromatic nitrogens is 2. The van der Waals surface area contributed by atoms with E-state index in [1.807, 2.05) is 24.3 Å². The van der Waals surface area contributed by atoms with Gasteiger partial charge in [-0.3, -0.25) is 9.69 Å². The summed E-state index contributed by atoms with van der Waals surface area (Å²) in [5.74, 6) is 0.980. The van der Waals surface area contributed by atoms with E-state index in [2.05, 4.69) is 55.4 Å². The number of carbonyl (C=O) groups excluding carboxylic acids is 1. The Kier molecular flexibility index (Phi) is 6.98. The number of benzene rings is 2. The van der Waals surface area contributed by atoms with Crippen molar-refractivity contribution in [2.24, 2.45) is 0 Å². The highest BCUT2D eigenvalue weighted by molar-refractivity contribution is 5.77. The van der Waals surface area contributed by atoms with Gasteiger partial charge in [-0.05, 0) is 43.7 Å². The largest absolute Gasteiger partial charge is 0.369 e. The number of aromatic amines is 1. The number of imidazole rings is 1. The van der Waals surface area contributed by atoms with E-state index in [1.54, 1.807) is 0 Å². The molecule has 4 rings (SSSR count). The number of piperazine rings is 1. The highest BCUT2D eigenvalue weighted by Crippen LogP contribution is 2.15. The van der Waals surface area contributed by atoms with Crippen molar-refractivity contribution in [1.82, 2.24) is 20.2 Å². The van der Waals surface area contributed by atoms with Crippen LogP contribution in [0.2, 0.25) is 0 Å². The lowest BCUT2D eigenvalue weighted by molar-refractivity contribution is -0.121. The summed E-state index contributed by atoms with van der Waals surface area (Å²) in [7, 11) is 0. The summed E-state index contributed by atoms with van der Waals surface area (Å²) in [6, 6.07) is 18.6. The van der Waals surface area contributed by atoms with Crippen molar-refractivity contribution in [3.05, 3.63) is 60.4 Å². The molecular weight excluding hydrogens is 374 g/mol. The van der Waals surface area contributed by atoms with Gasteiger partial charge >= 0.3 is 0 Å². The summed E-state index contributed by atoms with van der Waals surface area (Å²) >= 11 is 0. The molecule has 0 saturated carbocycles. The predicted molar refractivity (Wildman–Crippen MR) is 122 cm³/mol. The Morgan fingerprint density at radius 2 is 1.73 bits per heavy atom. The number of nitrogens with zero attached hydrogens (tertiary/aromatic N) is 3. The molecular formula is C24H31N5O. The van der Waals surface area contributed by atoms with E-state index < -0.39 is 0 Å². The van der Waals surface area contributed by atoms with Crippen molar-refractivity contribution in [3.63, 3.8) is 0 Å². The Morgan fingerprint density at radius 1 is 0.967 bits per heavy atom. The summed E-state index contributed by atoms with van der Waals surface area (Å²) < 4.78 is 0. The molecule has 0 radical (unpaired) electrons. The van der Waals surface area contributed by atoms with Crippen LogP contribution in [-0.4, -0.2) is 60.0 Å². The molecule has 30 heavy (non-hydrogen) atoms. The third kappa shape index (κ3) is 5.60. The van der Waals surface area contributed by atoms with E-state index in [0.717, 1.165) is 69.0 Å². The summed E-state index contributed by atoms with van der Waals surface area (Å²) in [6.45, 7) is 6.25. The summed E-state index contributed by atoms with van der Waals surface area (Å²) in [5.41, 5.74) is 3.30. The average molecular weight is 406 g/mol. The second-order valence-corrected chi connectivity index (χ2v) is 7.92. The monoisotopic (exact) mass is 405 g/mol. The maximum atomic E-state index is 12.1. The highest BCUT2D eigenvalue weighted by atomic mass is 16.1. The van der Waals surface area contributed by atoms with Crippen molar-refractivity contribution in [1.29, 1.82) is 0 Å². The minimum atomic E-state index is 0.104. The van der Waals surface area contributed by atoms with Crippen molar-refractivity contribution in [2.75, 3.05) is 44.2 Å². The van der Waals surface area contributed by atoms with Gasteiger partial charge in [0.15, 0.2) is 0 Å². The number of fused-ring (bicyclic) bond motifs is 1. The van der Waals surface area contributed by atoms with Crippen molar-refractivity contribution >= 4 is 22.6 Å². The molecule has 1 fully saturated rings. The molecule has 3 aromatic rings. The first-order valence-electron chi connectivity index (χ1n) is 11.0. The maximum absolute atomic E-state index is 12.1. The topological polar surface area (TPSA) is 64.3 Å². The third-order valence-corrected chi connectivity index (χ3v) is 5.74. The van der Waals surface area contributed by atoms with E-state index in [-0.39, 0.29) is 5.91 Å². The van der Waals surface area contributed by atoms with Crippen LogP contribution < -0.4 is 10.2 Å². The quantitative estimate of drug-likeness (QED) is 0.537. The molecule has 2 N–H and O–H groups in total. The fraction of sp³-hybridized carbons (Fsp3) is 0.417. The molecule has 1 aliphatic rings. The van der Waals surface area contributed by atoms with Crippen LogP contribution in [0.15, 0.2) is 54.6 Å². The Bertz CT molecular complexity index is 898. The fourth-order valence-corrected chi connectivity index (χ4v) is 4.00. The Balaban J connectivity index is 1.06. The standard InChI is InChI=1S/C24H31N5O/c30-24(13-12-23-26-21-10-4-5-11-22(21)27-23)25-14-6-7-15-28-16-18-29(19-17-28)20-8-2-1-3-9-20/h1-5,8-11H,6-7,12-19H2,(H,25,30)(H,26,27). The smallest absolute Gasteiger partial charge is 0.220 e. The second kappa shape index (κ2) is 10.3. The van der Waals surface area contributed by atoms with Gasteiger partial charge in [0.2, 0.25) is 5.91 Å². The van der Waals surface area contributed by atoms with Crippen LogP contribution in [0, 0.1) is 0 Å². The van der Waals surface area contributed by atoms with Gasteiger partial charge in [-0.2, -0.15) is 0 Å². The number of H-pyrrole nitrogens is 1. The van der Waals surface area contributed by atoms with Crippen LogP contribution in [0.25, 0.3) is 11.0 Å². The first-order chi connectivity index (χ1) is 14.8. The van der Waals surface area contributed by atoms with Crippen molar-refractivity contribution in [2.45, 2.75) is 25.7 Å². The highest BCUT2D eigenvalue weighted by Gasteiger charge is 2.16. The molecule has 0 spiro atoms. The van der Waals surface area contributed by atoms with Crippen LogP contribution in [0.4, 0.5) is 5.69 Å². The maximum Gasteiger partial charge on any atom is 0.220 e. The van der Waals surface area contributed by atoms with E-state index in [9.17, 15) is 4.79 Å². The van der Waals surface area contributed by atoms with Gasteiger partial charge in [-0.15, -0.1) is 0 Å². The molecule has 2 aromatic carbocycles. The zero-order valence-corrected chi connectivity index (χ0v) is 17.5. The number of carbonyl (C=O) groups is 1. The van der Waals surface area contributed by atoms with Crippen LogP contribution in [-0.2, 0) is 11.2 Å². The van der Waals surface area contributed by atoms with Gasteiger partial charge in [-0.25, -0.2) is 4.98 Å². The Labute approximate surface area is 178 Å². The first kappa shape index (κ1) is 20.4. The molecule has 2 heterocycles. The minimum Gasteiger partial charge on any atom is -0.369 e. The van der Waals surface area contributed by atoms with E-state index in [0.29, 0.717) is 12.8 Å². The molecule has 1 amide bonds. The van der Waals surface area contributed by atoms with Crippen LogP contribution in [0.1, 0.15) is 25.1 Å². The number of unbranched alkanes of at least 4 members (excludes halogenated alkanes) is 1. The molecule has 6 nitrogen and oxygen atoms in total. The molecule has 158 valence electrons. The number of aryl methyl sites for hydroxylation is 1. The Morgan fingerprint density at radius 3 is 2.53 bits per heavy atom. The summed E-state index contributed by atoms with van der Waals surface area (Å²) in [5, 5.41) is 3.05. The summed E-state index contributed by atoms with van der Waals surface area (Å²) in [6.07, 6.45) is 3.26. The first-order valence-corrected chi connectivity index (χ1v) is 11.0. The second-order valence-electron chi connectivity index (χ2n) is 7.92. The van der Waals surface area contributed by atoms with Gasteiger partial charge in [0.05, 0.1) is 11.0 Å². The van der Waals surface area contributed by atoms with Gasteiger partial charge in [0.25, 0.3) is 0 Å². The number of para-hydroxylation sites is 3. The average Bonchev–Trinajstić information content (AvgIpc) is 3.22. The van der Waals surface area contributed by atoms with Crippen molar-refractivity contribution in [3.8, 4) is 0 Å².